The number of carbonyl (C=O) groups is 2. The maximum Gasteiger partial charge on any atom is 0.337 e. The van der Waals surface area contributed by atoms with Crippen molar-refractivity contribution in [1.82, 2.24) is 10.2 Å². The normalized spacial score (nSPS) is 14.4. The number of carboxylic acid groups (broad SMARTS) is 1. The molecule has 0 heterocycles. The Balaban J connectivity index is 4.31. The van der Waals surface area contributed by atoms with E-state index < -0.39 is 11.6 Å². The number of amides is 2. The minimum atomic E-state index is -1.94. The number of hydrogen-bond acceptors (Lipinski definition) is 3. The van der Waals surface area contributed by atoms with Gasteiger partial charge in [0.25, 0.3) is 0 Å². The third-order valence-corrected chi connectivity index (χ3v) is 2.27. The summed E-state index contributed by atoms with van der Waals surface area (Å²) in [7, 11) is 0. The highest BCUT2D eigenvalue weighted by atomic mass is 16.4. The molecule has 6 heteroatoms. The van der Waals surface area contributed by atoms with Crippen LogP contribution in [0.2, 0.25) is 0 Å². The van der Waals surface area contributed by atoms with E-state index in [9.17, 15) is 14.7 Å². The average Bonchev–Trinajstić information content (AvgIpc) is 2.15. The average molecular weight is 232 g/mol. The molecule has 16 heavy (non-hydrogen) atoms. The number of carboxylic acids is 1. The summed E-state index contributed by atoms with van der Waals surface area (Å²) in [4.78, 5) is 23.7. The van der Waals surface area contributed by atoms with E-state index >= 15 is 0 Å². The quantitative estimate of drug-likeness (QED) is 0.634. The minimum Gasteiger partial charge on any atom is -0.479 e. The summed E-state index contributed by atoms with van der Waals surface area (Å²) >= 11 is 0. The van der Waals surface area contributed by atoms with Gasteiger partial charge in [-0.25, -0.2) is 9.59 Å². The second kappa shape index (κ2) is 5.69. The fourth-order valence-corrected chi connectivity index (χ4v) is 1.17. The first-order valence-corrected chi connectivity index (χ1v) is 5.22. The Labute approximate surface area is 95.2 Å². The molecule has 0 radical (unpaired) electrons. The van der Waals surface area contributed by atoms with Crippen LogP contribution in [0.1, 0.15) is 27.7 Å². The van der Waals surface area contributed by atoms with Crippen LogP contribution < -0.4 is 5.32 Å². The van der Waals surface area contributed by atoms with Gasteiger partial charge in [-0.3, -0.25) is 0 Å². The molecule has 0 aliphatic heterocycles. The molecule has 3 N–H and O–H groups in total. The molecule has 0 rings (SSSR count). The van der Waals surface area contributed by atoms with Crippen molar-refractivity contribution in [3.8, 4) is 0 Å². The third-order valence-electron chi connectivity index (χ3n) is 2.27. The van der Waals surface area contributed by atoms with Crippen LogP contribution in [0.25, 0.3) is 0 Å². The molecule has 0 saturated heterocycles. The van der Waals surface area contributed by atoms with Gasteiger partial charge in [-0.2, -0.15) is 0 Å². The lowest BCUT2D eigenvalue weighted by atomic mass is 10.1. The van der Waals surface area contributed by atoms with Gasteiger partial charge in [0.2, 0.25) is 0 Å². The lowest BCUT2D eigenvalue weighted by Crippen LogP contribution is -2.51. The van der Waals surface area contributed by atoms with Crippen molar-refractivity contribution in [1.29, 1.82) is 0 Å². The Morgan fingerprint density at radius 1 is 1.44 bits per heavy atom. The molecular weight excluding hydrogens is 212 g/mol. The smallest absolute Gasteiger partial charge is 0.337 e. The van der Waals surface area contributed by atoms with E-state index in [0.717, 1.165) is 6.92 Å². The summed E-state index contributed by atoms with van der Waals surface area (Å²) < 4.78 is 0. The van der Waals surface area contributed by atoms with Gasteiger partial charge in [0.15, 0.2) is 5.60 Å². The molecule has 6 nitrogen and oxygen atoms in total. The van der Waals surface area contributed by atoms with Crippen molar-refractivity contribution >= 4 is 12.0 Å². The van der Waals surface area contributed by atoms with E-state index in [1.54, 1.807) is 0 Å². The molecule has 0 aromatic rings. The van der Waals surface area contributed by atoms with Gasteiger partial charge >= 0.3 is 12.0 Å². The van der Waals surface area contributed by atoms with Gasteiger partial charge < -0.3 is 20.4 Å². The molecule has 0 aromatic carbocycles. The first-order chi connectivity index (χ1) is 7.22. The van der Waals surface area contributed by atoms with Gasteiger partial charge in [0.1, 0.15) is 0 Å². The molecule has 0 aliphatic carbocycles. The van der Waals surface area contributed by atoms with Gasteiger partial charge in [-0.05, 0) is 27.7 Å². The van der Waals surface area contributed by atoms with E-state index in [1.165, 1.54) is 4.90 Å². The topological polar surface area (TPSA) is 89.9 Å². The number of aliphatic carboxylic acids is 1. The zero-order chi connectivity index (χ0) is 12.9. The van der Waals surface area contributed by atoms with E-state index in [1.807, 2.05) is 20.8 Å². The van der Waals surface area contributed by atoms with Crippen LogP contribution >= 0.6 is 0 Å². The van der Waals surface area contributed by atoms with Gasteiger partial charge in [0.05, 0.1) is 6.54 Å². The summed E-state index contributed by atoms with van der Waals surface area (Å²) in [5, 5.41) is 20.4. The van der Waals surface area contributed by atoms with Crippen LogP contribution in [-0.4, -0.2) is 51.8 Å². The highest BCUT2D eigenvalue weighted by Gasteiger charge is 2.31. The van der Waals surface area contributed by atoms with Crippen LogP contribution in [-0.2, 0) is 4.79 Å². The minimum absolute atomic E-state index is 0.0276. The standard InChI is InChI=1S/C10H20N2O4/c1-5-12(7(2)3)9(15)11-6-10(4,16)8(13)14/h7,16H,5-6H2,1-4H3,(H,11,15)(H,13,14). The number of hydrogen-bond donors (Lipinski definition) is 3. The monoisotopic (exact) mass is 232 g/mol. The Morgan fingerprint density at radius 3 is 2.25 bits per heavy atom. The van der Waals surface area contributed by atoms with Gasteiger partial charge in [-0.15, -0.1) is 0 Å². The van der Waals surface area contributed by atoms with E-state index in [0.29, 0.717) is 6.54 Å². The molecule has 0 saturated carbocycles. The summed E-state index contributed by atoms with van der Waals surface area (Å²) in [6, 6.07) is -0.348. The second-order valence-corrected chi connectivity index (χ2v) is 4.12. The zero-order valence-corrected chi connectivity index (χ0v) is 10.1. The maximum absolute atomic E-state index is 11.6. The van der Waals surface area contributed by atoms with Crippen molar-refractivity contribution in [2.24, 2.45) is 0 Å². The zero-order valence-electron chi connectivity index (χ0n) is 10.1. The molecule has 0 spiro atoms. The molecule has 2 amide bonds. The molecule has 0 fully saturated rings. The van der Waals surface area contributed by atoms with Crippen LogP contribution in [0.15, 0.2) is 0 Å². The summed E-state index contributed by atoms with van der Waals surface area (Å²) in [6.45, 7) is 6.90. The lowest BCUT2D eigenvalue weighted by molar-refractivity contribution is -0.155. The van der Waals surface area contributed by atoms with Gasteiger partial charge in [0, 0.05) is 12.6 Å². The predicted octanol–water partition coefficient (Wildman–Crippen LogP) is 0.262. The first-order valence-electron chi connectivity index (χ1n) is 5.22. The summed E-state index contributed by atoms with van der Waals surface area (Å²) in [5.74, 6) is -1.36. The summed E-state index contributed by atoms with van der Waals surface area (Å²) in [6.07, 6.45) is 0. The van der Waals surface area contributed by atoms with Crippen LogP contribution in [0.5, 0.6) is 0 Å². The number of rotatable bonds is 5. The molecule has 0 aromatic heterocycles. The second-order valence-electron chi connectivity index (χ2n) is 4.12. The highest BCUT2D eigenvalue weighted by molar-refractivity contribution is 5.79. The molecule has 0 aliphatic rings. The number of nitrogens with zero attached hydrogens (tertiary/aromatic N) is 1. The Morgan fingerprint density at radius 2 is 1.94 bits per heavy atom. The number of urea groups is 1. The summed E-state index contributed by atoms with van der Waals surface area (Å²) in [5.41, 5.74) is -1.94. The number of nitrogens with one attached hydrogen (secondary N) is 1. The van der Waals surface area contributed by atoms with E-state index in [2.05, 4.69) is 5.32 Å². The molecule has 1 atom stereocenters. The first kappa shape index (κ1) is 14.7. The van der Waals surface area contributed by atoms with Crippen LogP contribution in [0.3, 0.4) is 0 Å². The molecular formula is C10H20N2O4. The van der Waals surface area contributed by atoms with Crippen molar-refractivity contribution in [3.63, 3.8) is 0 Å². The fraction of sp³-hybridized carbons (Fsp3) is 0.800. The number of carbonyl (C=O) groups excluding carboxylic acids is 1. The van der Waals surface area contributed by atoms with Crippen LogP contribution in [0, 0.1) is 0 Å². The third kappa shape index (κ3) is 4.06. The van der Waals surface area contributed by atoms with Crippen molar-refractivity contribution < 1.29 is 19.8 Å². The maximum atomic E-state index is 11.6. The Bertz CT molecular complexity index is 264. The Hall–Kier alpha value is -1.30. The van der Waals surface area contributed by atoms with Crippen molar-refractivity contribution in [2.45, 2.75) is 39.3 Å². The fourth-order valence-electron chi connectivity index (χ4n) is 1.17. The van der Waals surface area contributed by atoms with Gasteiger partial charge in [-0.1, -0.05) is 0 Å². The van der Waals surface area contributed by atoms with Crippen LogP contribution in [0.4, 0.5) is 4.79 Å². The number of aliphatic hydroxyl groups is 1. The largest absolute Gasteiger partial charge is 0.479 e. The molecule has 0 bridgehead atoms. The highest BCUT2D eigenvalue weighted by Crippen LogP contribution is 2.03. The Kier molecular flexibility index (Phi) is 5.23. The van der Waals surface area contributed by atoms with E-state index in [-0.39, 0.29) is 18.6 Å². The van der Waals surface area contributed by atoms with E-state index in [4.69, 9.17) is 5.11 Å². The SMILES string of the molecule is CCN(C(=O)NCC(C)(O)C(=O)O)C(C)C. The molecule has 1 unspecified atom stereocenters. The van der Waals surface area contributed by atoms with Crippen molar-refractivity contribution in [3.05, 3.63) is 0 Å². The molecule has 94 valence electrons. The lowest BCUT2D eigenvalue weighted by Gasteiger charge is -2.27. The predicted molar refractivity (Wildman–Crippen MR) is 59.2 cm³/mol. The van der Waals surface area contributed by atoms with Crippen molar-refractivity contribution in [2.75, 3.05) is 13.1 Å².